The molecule has 20 heavy (non-hydrogen) atoms. The molecule has 0 saturated carbocycles. The van der Waals surface area contributed by atoms with Gasteiger partial charge >= 0.3 is 0 Å². The average molecular weight is 293 g/mol. The van der Waals surface area contributed by atoms with Gasteiger partial charge in [0.2, 0.25) is 5.13 Å². The van der Waals surface area contributed by atoms with E-state index in [2.05, 4.69) is 22.4 Å². The highest BCUT2D eigenvalue weighted by Gasteiger charge is 2.33. The fourth-order valence-corrected chi connectivity index (χ4v) is 2.78. The summed E-state index contributed by atoms with van der Waals surface area (Å²) in [7, 11) is 0. The van der Waals surface area contributed by atoms with Crippen LogP contribution in [0.3, 0.4) is 0 Å². The Morgan fingerprint density at radius 1 is 1.30 bits per heavy atom. The lowest BCUT2D eigenvalue weighted by Gasteiger charge is -2.37. The number of nitrogens with one attached hydrogen (secondary N) is 1. The Morgan fingerprint density at radius 2 is 2.05 bits per heavy atom. The third kappa shape index (κ3) is 3.13. The number of benzene rings is 1. The largest absolute Gasteiger partial charge is 0.380 e. The van der Waals surface area contributed by atoms with Gasteiger partial charge in [0.05, 0.1) is 13.2 Å². The van der Waals surface area contributed by atoms with Gasteiger partial charge in [-0.1, -0.05) is 30.4 Å². The molecule has 0 radical (unpaired) electrons. The number of anilines is 1. The molecule has 2 heterocycles. The number of halogens is 1. The van der Waals surface area contributed by atoms with Crippen molar-refractivity contribution in [3.63, 3.8) is 0 Å². The van der Waals surface area contributed by atoms with Crippen molar-refractivity contribution in [2.24, 2.45) is 5.41 Å². The van der Waals surface area contributed by atoms with Crippen LogP contribution < -0.4 is 5.32 Å². The van der Waals surface area contributed by atoms with Crippen LogP contribution in [-0.2, 0) is 11.2 Å². The van der Waals surface area contributed by atoms with Gasteiger partial charge in [-0.3, -0.25) is 0 Å². The van der Waals surface area contributed by atoms with E-state index >= 15 is 0 Å². The summed E-state index contributed by atoms with van der Waals surface area (Å²) in [5, 5.41) is 13.4. The molecule has 1 aliphatic heterocycles. The first-order valence-electron chi connectivity index (χ1n) is 6.51. The molecule has 6 heteroatoms. The molecule has 106 valence electrons. The van der Waals surface area contributed by atoms with Crippen molar-refractivity contribution in [3.05, 3.63) is 40.7 Å². The molecule has 0 aliphatic carbocycles. The van der Waals surface area contributed by atoms with Gasteiger partial charge in [0.1, 0.15) is 10.8 Å². The van der Waals surface area contributed by atoms with Crippen molar-refractivity contribution in [1.29, 1.82) is 0 Å². The first-order valence-corrected chi connectivity index (χ1v) is 7.33. The summed E-state index contributed by atoms with van der Waals surface area (Å²) in [6.45, 7) is 4.62. The van der Waals surface area contributed by atoms with Crippen LogP contribution in [0.25, 0.3) is 0 Å². The molecule has 0 atom stereocenters. The summed E-state index contributed by atoms with van der Waals surface area (Å²) in [6.07, 6.45) is 0.681. The number of ether oxygens (including phenoxy) is 1. The van der Waals surface area contributed by atoms with E-state index in [1.807, 2.05) is 0 Å². The Morgan fingerprint density at radius 3 is 2.70 bits per heavy atom. The fraction of sp³-hybridized carbons (Fsp3) is 0.429. The summed E-state index contributed by atoms with van der Waals surface area (Å²) < 4.78 is 18.1. The normalized spacial score (nSPS) is 16.7. The van der Waals surface area contributed by atoms with E-state index in [4.69, 9.17) is 4.74 Å². The van der Waals surface area contributed by atoms with E-state index in [0.29, 0.717) is 6.42 Å². The molecule has 1 N–H and O–H groups in total. The lowest BCUT2D eigenvalue weighted by atomic mass is 9.89. The number of hydrogen-bond acceptors (Lipinski definition) is 5. The summed E-state index contributed by atoms with van der Waals surface area (Å²) >= 11 is 1.54. The minimum Gasteiger partial charge on any atom is -0.380 e. The van der Waals surface area contributed by atoms with Gasteiger partial charge in [-0.2, -0.15) is 0 Å². The highest BCUT2D eigenvalue weighted by molar-refractivity contribution is 7.15. The first-order chi connectivity index (χ1) is 9.63. The fourth-order valence-electron chi connectivity index (χ4n) is 2.01. The van der Waals surface area contributed by atoms with Gasteiger partial charge in [0.25, 0.3) is 0 Å². The third-order valence-corrected chi connectivity index (χ3v) is 4.18. The minimum atomic E-state index is -0.218. The van der Waals surface area contributed by atoms with Crippen molar-refractivity contribution in [2.75, 3.05) is 25.1 Å². The van der Waals surface area contributed by atoms with Gasteiger partial charge in [-0.05, 0) is 17.7 Å². The van der Waals surface area contributed by atoms with Crippen molar-refractivity contribution in [1.82, 2.24) is 10.2 Å². The van der Waals surface area contributed by atoms with E-state index in [1.54, 1.807) is 12.1 Å². The maximum absolute atomic E-state index is 12.8. The molecule has 1 saturated heterocycles. The molecule has 1 fully saturated rings. The van der Waals surface area contributed by atoms with E-state index in [-0.39, 0.29) is 11.2 Å². The standard InChI is InChI=1S/C14H16FN3OS/c1-14(8-19-9-14)7-16-13-18-17-12(20-13)6-10-2-4-11(15)5-3-10/h2-5H,6-9H2,1H3,(H,16,18). The van der Waals surface area contributed by atoms with Crippen LogP contribution in [0.4, 0.5) is 9.52 Å². The first kappa shape index (κ1) is 13.5. The van der Waals surface area contributed by atoms with Crippen molar-refractivity contribution in [2.45, 2.75) is 13.3 Å². The number of hydrogen-bond donors (Lipinski definition) is 1. The van der Waals surface area contributed by atoms with Crippen LogP contribution >= 0.6 is 11.3 Å². The van der Waals surface area contributed by atoms with Crippen LogP contribution in [0.5, 0.6) is 0 Å². The van der Waals surface area contributed by atoms with Gasteiger partial charge in [-0.15, -0.1) is 10.2 Å². The minimum absolute atomic E-state index is 0.211. The summed E-state index contributed by atoms with van der Waals surface area (Å²) in [6, 6.07) is 6.48. The van der Waals surface area contributed by atoms with Gasteiger partial charge in [0, 0.05) is 18.4 Å². The van der Waals surface area contributed by atoms with Crippen LogP contribution in [0.15, 0.2) is 24.3 Å². The molecule has 0 amide bonds. The zero-order valence-electron chi connectivity index (χ0n) is 11.2. The molecule has 0 unspecified atom stereocenters. The van der Waals surface area contributed by atoms with E-state index in [9.17, 15) is 4.39 Å². The summed E-state index contributed by atoms with van der Waals surface area (Å²) in [5.74, 6) is -0.218. The van der Waals surface area contributed by atoms with Gasteiger partial charge < -0.3 is 10.1 Å². The topological polar surface area (TPSA) is 47.0 Å². The summed E-state index contributed by atoms with van der Waals surface area (Å²) in [4.78, 5) is 0. The van der Waals surface area contributed by atoms with Crippen LogP contribution in [0.1, 0.15) is 17.5 Å². The van der Waals surface area contributed by atoms with Gasteiger partial charge in [0.15, 0.2) is 0 Å². The van der Waals surface area contributed by atoms with E-state index < -0.39 is 0 Å². The Bertz CT molecular complexity index is 580. The lowest BCUT2D eigenvalue weighted by Crippen LogP contribution is -2.45. The third-order valence-electron chi connectivity index (χ3n) is 3.30. The Kier molecular flexibility index (Phi) is 3.67. The molecular weight excluding hydrogens is 277 g/mol. The smallest absolute Gasteiger partial charge is 0.205 e. The Balaban J connectivity index is 1.57. The highest BCUT2D eigenvalue weighted by Crippen LogP contribution is 2.27. The second kappa shape index (κ2) is 5.46. The highest BCUT2D eigenvalue weighted by atomic mass is 32.1. The van der Waals surface area contributed by atoms with Crippen LogP contribution in [0.2, 0.25) is 0 Å². The lowest BCUT2D eigenvalue weighted by molar-refractivity contribution is -0.0924. The number of nitrogens with zero attached hydrogens (tertiary/aromatic N) is 2. The maximum atomic E-state index is 12.8. The number of aromatic nitrogens is 2. The van der Waals surface area contributed by atoms with Gasteiger partial charge in [-0.25, -0.2) is 4.39 Å². The van der Waals surface area contributed by atoms with E-state index in [0.717, 1.165) is 35.5 Å². The van der Waals surface area contributed by atoms with Crippen LogP contribution in [0, 0.1) is 11.2 Å². The molecule has 1 aromatic heterocycles. The molecule has 1 aromatic carbocycles. The molecular formula is C14H16FN3OS. The molecule has 0 spiro atoms. The predicted molar refractivity (Wildman–Crippen MR) is 76.5 cm³/mol. The Labute approximate surface area is 121 Å². The summed E-state index contributed by atoms with van der Waals surface area (Å²) in [5.41, 5.74) is 1.25. The Hall–Kier alpha value is -1.53. The second-order valence-electron chi connectivity index (χ2n) is 5.46. The van der Waals surface area contributed by atoms with E-state index in [1.165, 1.54) is 23.5 Å². The zero-order chi connectivity index (χ0) is 14.0. The molecule has 3 rings (SSSR count). The maximum Gasteiger partial charge on any atom is 0.205 e. The van der Waals surface area contributed by atoms with Crippen LogP contribution in [-0.4, -0.2) is 30.0 Å². The molecule has 0 bridgehead atoms. The average Bonchev–Trinajstić information content (AvgIpc) is 2.85. The van der Waals surface area contributed by atoms with Crippen molar-refractivity contribution >= 4 is 16.5 Å². The SMILES string of the molecule is CC1(CNc2nnc(Cc3ccc(F)cc3)s2)COC1. The van der Waals surface area contributed by atoms with Crippen molar-refractivity contribution in [3.8, 4) is 0 Å². The quantitative estimate of drug-likeness (QED) is 0.921. The molecule has 1 aliphatic rings. The molecule has 2 aromatic rings. The predicted octanol–water partition coefficient (Wildman–Crippen LogP) is 2.72. The monoisotopic (exact) mass is 293 g/mol. The zero-order valence-corrected chi connectivity index (χ0v) is 12.0. The van der Waals surface area contributed by atoms with Crippen molar-refractivity contribution < 1.29 is 9.13 Å². The number of rotatable bonds is 5. The molecule has 4 nitrogen and oxygen atoms in total. The second-order valence-corrected chi connectivity index (χ2v) is 6.52.